The van der Waals surface area contributed by atoms with Crippen LogP contribution in [0.4, 0.5) is 15.8 Å². The molecule has 0 heterocycles. The predicted molar refractivity (Wildman–Crippen MR) is 69.1 cm³/mol. The van der Waals surface area contributed by atoms with E-state index in [9.17, 15) is 24.4 Å². The van der Waals surface area contributed by atoms with E-state index in [1.165, 1.54) is 18.2 Å². The lowest BCUT2D eigenvalue weighted by molar-refractivity contribution is -0.384. The van der Waals surface area contributed by atoms with Gasteiger partial charge in [-0.3, -0.25) is 14.9 Å². The molecule has 0 aliphatic heterocycles. The van der Waals surface area contributed by atoms with Gasteiger partial charge in [0.15, 0.2) is 0 Å². The monoisotopic (exact) mass is 276 g/mol. The zero-order valence-corrected chi connectivity index (χ0v) is 10.0. The summed E-state index contributed by atoms with van der Waals surface area (Å²) in [6.07, 6.45) is 0. The van der Waals surface area contributed by atoms with Gasteiger partial charge in [0.25, 0.3) is 11.6 Å². The van der Waals surface area contributed by atoms with Gasteiger partial charge in [0.1, 0.15) is 11.6 Å². The summed E-state index contributed by atoms with van der Waals surface area (Å²) < 4.78 is 13.0. The predicted octanol–water partition coefficient (Wildman–Crippen LogP) is 2.69. The van der Waals surface area contributed by atoms with Gasteiger partial charge in [-0.05, 0) is 24.3 Å². The average molecular weight is 276 g/mol. The third-order valence-corrected chi connectivity index (χ3v) is 2.53. The van der Waals surface area contributed by atoms with E-state index in [0.717, 1.165) is 24.3 Å². The molecule has 0 radical (unpaired) electrons. The number of nitro groups is 1. The van der Waals surface area contributed by atoms with Crippen molar-refractivity contribution in [3.8, 4) is 5.75 Å². The minimum atomic E-state index is -0.680. The molecular weight excluding hydrogens is 267 g/mol. The van der Waals surface area contributed by atoms with Gasteiger partial charge in [0, 0.05) is 17.7 Å². The van der Waals surface area contributed by atoms with Gasteiger partial charge >= 0.3 is 0 Å². The third kappa shape index (κ3) is 2.89. The number of nitrogens with zero attached hydrogens (tertiary/aromatic N) is 1. The maximum Gasteiger partial charge on any atom is 0.271 e. The molecule has 0 aliphatic carbocycles. The number of carbonyl (C=O) groups is 1. The third-order valence-electron chi connectivity index (χ3n) is 2.53. The summed E-state index contributed by atoms with van der Waals surface area (Å²) in [5.41, 5.74) is -0.360. The topological polar surface area (TPSA) is 92.5 Å². The van der Waals surface area contributed by atoms with E-state index < -0.39 is 16.6 Å². The second kappa shape index (κ2) is 5.35. The fraction of sp³-hybridized carbons (Fsp3) is 0. The number of phenols is 1. The summed E-state index contributed by atoms with van der Waals surface area (Å²) in [4.78, 5) is 21.8. The molecule has 102 valence electrons. The van der Waals surface area contributed by atoms with E-state index in [-0.39, 0.29) is 22.7 Å². The standard InChI is InChI=1S/C13H9FN2O4/c14-9-3-1-2-8(6-9)13(18)15-11-7-10(16(19)20)4-5-12(11)17/h1-7,17H,(H,15,18). The number of benzene rings is 2. The fourth-order valence-corrected chi connectivity index (χ4v) is 1.56. The molecule has 0 aromatic heterocycles. The Bertz CT molecular complexity index is 688. The Morgan fingerprint density at radius 1 is 1.25 bits per heavy atom. The minimum absolute atomic E-state index is 0.0379. The Morgan fingerprint density at radius 3 is 2.65 bits per heavy atom. The summed E-state index contributed by atoms with van der Waals surface area (Å²) in [6, 6.07) is 8.16. The molecule has 2 N–H and O–H groups in total. The highest BCUT2D eigenvalue weighted by atomic mass is 19.1. The molecule has 2 aromatic carbocycles. The maximum atomic E-state index is 13.0. The number of aromatic hydroxyl groups is 1. The van der Waals surface area contributed by atoms with Crippen LogP contribution in [0.15, 0.2) is 42.5 Å². The molecule has 6 nitrogen and oxygen atoms in total. The Kier molecular flexibility index (Phi) is 3.60. The number of hydrogen-bond donors (Lipinski definition) is 2. The van der Waals surface area contributed by atoms with Crippen molar-refractivity contribution < 1.29 is 19.2 Å². The average Bonchev–Trinajstić information content (AvgIpc) is 2.41. The largest absolute Gasteiger partial charge is 0.506 e. The van der Waals surface area contributed by atoms with Crippen molar-refractivity contribution in [2.45, 2.75) is 0 Å². The SMILES string of the molecule is O=C(Nc1cc([N+](=O)[O-])ccc1O)c1cccc(F)c1. The molecule has 0 bridgehead atoms. The van der Waals surface area contributed by atoms with Crippen LogP contribution in [-0.2, 0) is 0 Å². The summed E-state index contributed by atoms with van der Waals surface area (Å²) in [6.45, 7) is 0. The second-order valence-electron chi connectivity index (χ2n) is 3.92. The number of phenolic OH excluding ortho intramolecular Hbond substituents is 1. The first-order valence-corrected chi connectivity index (χ1v) is 5.51. The van der Waals surface area contributed by atoms with Crippen LogP contribution < -0.4 is 5.32 Å². The molecule has 2 rings (SSSR count). The summed E-state index contributed by atoms with van der Waals surface area (Å²) >= 11 is 0. The van der Waals surface area contributed by atoms with E-state index in [1.54, 1.807) is 0 Å². The zero-order chi connectivity index (χ0) is 14.7. The van der Waals surface area contributed by atoms with E-state index in [1.807, 2.05) is 0 Å². The molecule has 2 aromatic rings. The number of non-ortho nitro benzene ring substituents is 1. The zero-order valence-electron chi connectivity index (χ0n) is 10.0. The summed E-state index contributed by atoms with van der Waals surface area (Å²) in [5, 5.41) is 22.5. The normalized spacial score (nSPS) is 10.1. The van der Waals surface area contributed by atoms with Crippen LogP contribution in [0.1, 0.15) is 10.4 Å². The molecule has 0 atom stereocenters. The van der Waals surface area contributed by atoms with Crippen LogP contribution in [0.25, 0.3) is 0 Å². The Morgan fingerprint density at radius 2 is 2.00 bits per heavy atom. The van der Waals surface area contributed by atoms with E-state index in [4.69, 9.17) is 0 Å². The van der Waals surface area contributed by atoms with Crippen LogP contribution in [0.5, 0.6) is 5.75 Å². The first kappa shape index (κ1) is 13.5. The van der Waals surface area contributed by atoms with Crippen LogP contribution in [0, 0.1) is 15.9 Å². The molecule has 20 heavy (non-hydrogen) atoms. The number of amides is 1. The Hall–Kier alpha value is -2.96. The van der Waals surface area contributed by atoms with Gasteiger partial charge in [0.05, 0.1) is 10.6 Å². The van der Waals surface area contributed by atoms with Crippen molar-refractivity contribution in [1.82, 2.24) is 0 Å². The van der Waals surface area contributed by atoms with Crippen molar-refractivity contribution in [3.05, 3.63) is 64.0 Å². The van der Waals surface area contributed by atoms with Gasteiger partial charge in [-0.15, -0.1) is 0 Å². The maximum absolute atomic E-state index is 13.0. The van der Waals surface area contributed by atoms with E-state index in [2.05, 4.69) is 5.32 Å². The van der Waals surface area contributed by atoms with Gasteiger partial charge < -0.3 is 10.4 Å². The van der Waals surface area contributed by atoms with Gasteiger partial charge in [-0.1, -0.05) is 6.07 Å². The van der Waals surface area contributed by atoms with Gasteiger partial charge in [-0.2, -0.15) is 0 Å². The minimum Gasteiger partial charge on any atom is -0.506 e. The number of nitrogens with one attached hydrogen (secondary N) is 1. The molecular formula is C13H9FN2O4. The van der Waals surface area contributed by atoms with Crippen molar-refractivity contribution in [2.24, 2.45) is 0 Å². The molecule has 0 saturated carbocycles. The quantitative estimate of drug-likeness (QED) is 0.512. The van der Waals surface area contributed by atoms with Crippen LogP contribution in [-0.4, -0.2) is 15.9 Å². The summed E-state index contributed by atoms with van der Waals surface area (Å²) in [7, 11) is 0. The van der Waals surface area contributed by atoms with Crippen LogP contribution in [0.2, 0.25) is 0 Å². The number of nitro benzene ring substituents is 1. The lowest BCUT2D eigenvalue weighted by Gasteiger charge is -2.07. The first-order valence-electron chi connectivity index (χ1n) is 5.51. The number of anilines is 1. The number of halogens is 1. The van der Waals surface area contributed by atoms with E-state index in [0.29, 0.717) is 0 Å². The van der Waals surface area contributed by atoms with Crippen molar-refractivity contribution in [3.63, 3.8) is 0 Å². The molecule has 1 amide bonds. The van der Waals surface area contributed by atoms with Gasteiger partial charge in [0.2, 0.25) is 0 Å². The highest BCUT2D eigenvalue weighted by molar-refractivity contribution is 6.05. The molecule has 7 heteroatoms. The Balaban J connectivity index is 2.27. The smallest absolute Gasteiger partial charge is 0.271 e. The lowest BCUT2D eigenvalue weighted by Crippen LogP contribution is -2.12. The number of carbonyl (C=O) groups excluding carboxylic acids is 1. The number of rotatable bonds is 3. The molecule has 0 aliphatic rings. The lowest BCUT2D eigenvalue weighted by atomic mass is 10.2. The van der Waals surface area contributed by atoms with Crippen molar-refractivity contribution in [1.29, 1.82) is 0 Å². The molecule has 0 spiro atoms. The highest BCUT2D eigenvalue weighted by Crippen LogP contribution is 2.28. The summed E-state index contributed by atoms with van der Waals surface area (Å²) in [5.74, 6) is -1.58. The second-order valence-corrected chi connectivity index (χ2v) is 3.92. The fourth-order valence-electron chi connectivity index (χ4n) is 1.56. The van der Waals surface area contributed by atoms with Crippen LogP contribution >= 0.6 is 0 Å². The molecule has 0 saturated heterocycles. The van der Waals surface area contributed by atoms with Crippen molar-refractivity contribution in [2.75, 3.05) is 5.32 Å². The Labute approximate surface area is 112 Å². The van der Waals surface area contributed by atoms with Crippen molar-refractivity contribution >= 4 is 17.3 Å². The highest BCUT2D eigenvalue weighted by Gasteiger charge is 2.14. The molecule has 0 fully saturated rings. The molecule has 0 unspecified atom stereocenters. The van der Waals surface area contributed by atoms with E-state index >= 15 is 0 Å². The number of hydrogen-bond acceptors (Lipinski definition) is 4. The first-order chi connectivity index (χ1) is 9.47. The van der Waals surface area contributed by atoms with Gasteiger partial charge in [-0.25, -0.2) is 4.39 Å². The van der Waals surface area contributed by atoms with Crippen LogP contribution in [0.3, 0.4) is 0 Å².